The lowest BCUT2D eigenvalue weighted by molar-refractivity contribution is -0.00684. The van der Waals surface area contributed by atoms with E-state index >= 15 is 0 Å². The molecule has 0 saturated carbocycles. The van der Waals surface area contributed by atoms with Crippen LogP contribution in [-0.2, 0) is 4.74 Å². The number of guanidine groups is 1. The van der Waals surface area contributed by atoms with Gasteiger partial charge in [0.25, 0.3) is 0 Å². The molecule has 0 aromatic heterocycles. The number of hydrogen-bond donors (Lipinski definition) is 2. The van der Waals surface area contributed by atoms with Crippen LogP contribution in [0.25, 0.3) is 0 Å². The number of hydrogen-bond acceptors (Lipinski definition) is 4. The second kappa shape index (κ2) is 10.8. The van der Waals surface area contributed by atoms with Gasteiger partial charge in [-0.3, -0.25) is 9.89 Å². The molecule has 0 spiro atoms. The van der Waals surface area contributed by atoms with Crippen molar-refractivity contribution in [3.05, 3.63) is 35.4 Å². The summed E-state index contributed by atoms with van der Waals surface area (Å²) >= 11 is 0. The van der Waals surface area contributed by atoms with Crippen molar-refractivity contribution >= 4 is 5.96 Å². The molecule has 2 rings (SSSR count). The van der Waals surface area contributed by atoms with Gasteiger partial charge in [0, 0.05) is 37.3 Å². The molecular weight excluding hydrogens is 376 g/mol. The van der Waals surface area contributed by atoms with Crippen LogP contribution in [0.5, 0.6) is 0 Å². The third-order valence-corrected chi connectivity index (χ3v) is 5.25. The number of halogens is 2. The molecule has 1 aliphatic rings. The zero-order chi connectivity index (χ0) is 21.4. The predicted molar refractivity (Wildman–Crippen MR) is 113 cm³/mol. The molecule has 6 nitrogen and oxygen atoms in total. The molecule has 29 heavy (non-hydrogen) atoms. The molecule has 1 aromatic rings. The zero-order valence-corrected chi connectivity index (χ0v) is 18.3. The molecule has 0 aliphatic carbocycles. The van der Waals surface area contributed by atoms with Gasteiger partial charge in [0.2, 0.25) is 0 Å². The number of morpholine rings is 1. The quantitative estimate of drug-likeness (QED) is 0.508. The first kappa shape index (κ1) is 23.5. The highest BCUT2D eigenvalue weighted by Gasteiger charge is 2.28. The van der Waals surface area contributed by atoms with E-state index in [4.69, 9.17) is 9.73 Å². The SMILES string of the molecule is CCNC(=NCC(C)(C)N1CCOCC1)NCC(c1c(F)cccc1F)N(C)C. The van der Waals surface area contributed by atoms with Crippen molar-refractivity contribution in [1.29, 1.82) is 0 Å². The van der Waals surface area contributed by atoms with Crippen molar-refractivity contribution in [3.63, 3.8) is 0 Å². The van der Waals surface area contributed by atoms with Crippen LogP contribution < -0.4 is 10.6 Å². The van der Waals surface area contributed by atoms with Crippen LogP contribution >= 0.6 is 0 Å². The van der Waals surface area contributed by atoms with E-state index in [1.807, 2.05) is 21.0 Å². The monoisotopic (exact) mass is 411 g/mol. The molecule has 1 aliphatic heterocycles. The summed E-state index contributed by atoms with van der Waals surface area (Å²) in [5.74, 6) is -0.445. The van der Waals surface area contributed by atoms with Gasteiger partial charge in [-0.15, -0.1) is 0 Å². The Labute approximate surface area is 173 Å². The Balaban J connectivity index is 2.09. The maximum absolute atomic E-state index is 14.3. The van der Waals surface area contributed by atoms with Crippen LogP contribution in [0.3, 0.4) is 0 Å². The minimum absolute atomic E-state index is 0.0643. The fourth-order valence-electron chi connectivity index (χ4n) is 3.45. The number of likely N-dealkylation sites (N-methyl/N-ethyl adjacent to an activating group) is 1. The fraction of sp³-hybridized carbons (Fsp3) is 0.667. The molecule has 8 heteroatoms. The van der Waals surface area contributed by atoms with Gasteiger partial charge >= 0.3 is 0 Å². The normalized spacial score (nSPS) is 17.4. The lowest BCUT2D eigenvalue weighted by Gasteiger charge is -2.40. The molecule has 1 saturated heterocycles. The summed E-state index contributed by atoms with van der Waals surface area (Å²) < 4.78 is 34.0. The summed E-state index contributed by atoms with van der Waals surface area (Å²) in [5, 5.41) is 6.47. The molecule has 0 bridgehead atoms. The number of benzene rings is 1. The van der Waals surface area contributed by atoms with E-state index in [1.54, 1.807) is 4.90 Å². The average molecular weight is 412 g/mol. The van der Waals surface area contributed by atoms with Gasteiger partial charge < -0.3 is 20.3 Å². The number of nitrogens with zero attached hydrogens (tertiary/aromatic N) is 3. The van der Waals surface area contributed by atoms with E-state index < -0.39 is 17.7 Å². The van der Waals surface area contributed by atoms with Crippen LogP contribution in [0.1, 0.15) is 32.4 Å². The Morgan fingerprint density at radius 2 is 1.83 bits per heavy atom. The van der Waals surface area contributed by atoms with Crippen LogP contribution in [-0.4, -0.2) is 81.3 Å². The molecule has 1 fully saturated rings. The third kappa shape index (κ3) is 6.62. The Morgan fingerprint density at radius 3 is 2.38 bits per heavy atom. The first-order chi connectivity index (χ1) is 13.8. The van der Waals surface area contributed by atoms with Crippen LogP contribution in [0, 0.1) is 11.6 Å². The number of ether oxygens (including phenoxy) is 1. The Kier molecular flexibility index (Phi) is 8.79. The molecule has 2 N–H and O–H groups in total. The van der Waals surface area contributed by atoms with Crippen LogP contribution in [0.15, 0.2) is 23.2 Å². The molecule has 1 aromatic carbocycles. The minimum Gasteiger partial charge on any atom is -0.379 e. The van der Waals surface area contributed by atoms with E-state index in [9.17, 15) is 8.78 Å². The topological polar surface area (TPSA) is 52.1 Å². The second-order valence-corrected chi connectivity index (χ2v) is 8.10. The molecule has 1 unspecified atom stereocenters. The minimum atomic E-state index is -0.541. The third-order valence-electron chi connectivity index (χ3n) is 5.25. The highest BCUT2D eigenvalue weighted by molar-refractivity contribution is 5.79. The lowest BCUT2D eigenvalue weighted by atomic mass is 10.0. The first-order valence-electron chi connectivity index (χ1n) is 10.2. The summed E-state index contributed by atoms with van der Waals surface area (Å²) in [4.78, 5) is 8.91. The van der Waals surface area contributed by atoms with Gasteiger partial charge in [0.05, 0.1) is 25.8 Å². The predicted octanol–water partition coefficient (Wildman–Crippen LogP) is 2.23. The van der Waals surface area contributed by atoms with Crippen LogP contribution in [0.4, 0.5) is 8.78 Å². The molecular formula is C21H35F2N5O. The molecule has 164 valence electrons. The fourth-order valence-corrected chi connectivity index (χ4v) is 3.45. The Morgan fingerprint density at radius 1 is 1.21 bits per heavy atom. The van der Waals surface area contributed by atoms with Crippen molar-refractivity contribution in [2.75, 3.05) is 60.0 Å². The highest BCUT2D eigenvalue weighted by Crippen LogP contribution is 2.24. The Bertz CT molecular complexity index is 655. The number of nitrogens with one attached hydrogen (secondary N) is 2. The smallest absolute Gasteiger partial charge is 0.191 e. The summed E-state index contributed by atoms with van der Waals surface area (Å²) in [7, 11) is 3.62. The van der Waals surface area contributed by atoms with Crippen molar-refractivity contribution in [2.24, 2.45) is 4.99 Å². The summed E-state index contributed by atoms with van der Waals surface area (Å²) in [6, 6.07) is 3.50. The maximum Gasteiger partial charge on any atom is 0.191 e. The van der Waals surface area contributed by atoms with E-state index in [2.05, 4.69) is 29.4 Å². The van der Waals surface area contributed by atoms with E-state index in [0.29, 0.717) is 25.6 Å². The average Bonchev–Trinajstić information content (AvgIpc) is 2.68. The van der Waals surface area contributed by atoms with Gasteiger partial charge in [0.1, 0.15) is 11.6 Å². The standard InChI is InChI=1S/C21H35F2N5O/c1-6-24-20(26-15-21(2,3)28-10-12-29-13-11-28)25-14-18(27(4)5)19-16(22)8-7-9-17(19)23/h7-9,18H,6,10-15H2,1-5H3,(H2,24,25,26). The molecule has 0 radical (unpaired) electrons. The highest BCUT2D eigenvalue weighted by atomic mass is 19.1. The zero-order valence-electron chi connectivity index (χ0n) is 18.3. The van der Waals surface area contributed by atoms with Gasteiger partial charge in [-0.05, 0) is 47.0 Å². The molecule has 1 heterocycles. The summed E-state index contributed by atoms with van der Waals surface area (Å²) in [6.07, 6.45) is 0. The first-order valence-corrected chi connectivity index (χ1v) is 10.2. The molecule has 1 atom stereocenters. The van der Waals surface area contributed by atoms with E-state index in [1.165, 1.54) is 18.2 Å². The van der Waals surface area contributed by atoms with Crippen molar-refractivity contribution in [1.82, 2.24) is 20.4 Å². The van der Waals surface area contributed by atoms with Crippen molar-refractivity contribution in [3.8, 4) is 0 Å². The second-order valence-electron chi connectivity index (χ2n) is 8.10. The summed E-state index contributed by atoms with van der Waals surface area (Å²) in [5.41, 5.74) is -0.0421. The van der Waals surface area contributed by atoms with Crippen LogP contribution in [0.2, 0.25) is 0 Å². The largest absolute Gasteiger partial charge is 0.379 e. The number of aliphatic imine (C=N–C) groups is 1. The van der Waals surface area contributed by atoms with Crippen molar-refractivity contribution in [2.45, 2.75) is 32.4 Å². The number of rotatable bonds is 8. The van der Waals surface area contributed by atoms with Gasteiger partial charge in [-0.2, -0.15) is 0 Å². The lowest BCUT2D eigenvalue weighted by Crippen LogP contribution is -2.52. The van der Waals surface area contributed by atoms with Gasteiger partial charge in [-0.1, -0.05) is 6.07 Å². The van der Waals surface area contributed by atoms with Crippen molar-refractivity contribution < 1.29 is 13.5 Å². The van der Waals surface area contributed by atoms with E-state index in [-0.39, 0.29) is 11.1 Å². The molecule has 0 amide bonds. The maximum atomic E-state index is 14.3. The van der Waals surface area contributed by atoms with E-state index in [0.717, 1.165) is 26.3 Å². The summed E-state index contributed by atoms with van der Waals surface area (Å²) in [6.45, 7) is 11.2. The van der Waals surface area contributed by atoms with Gasteiger partial charge in [-0.25, -0.2) is 8.78 Å². The Hall–Kier alpha value is -1.77. The van der Waals surface area contributed by atoms with Gasteiger partial charge in [0.15, 0.2) is 5.96 Å².